The number of carbonyl (C=O) groups excluding carboxylic acids is 1. The monoisotopic (exact) mass is 375 g/mol. The Morgan fingerprint density at radius 2 is 1.75 bits per heavy atom. The molecule has 0 bridgehead atoms. The minimum atomic E-state index is -0.179. The molecule has 5 heteroatoms. The fraction of sp³-hybridized carbons (Fsp3) is 0.304. The fourth-order valence-corrected chi connectivity index (χ4v) is 3.98. The highest BCUT2D eigenvalue weighted by Crippen LogP contribution is 2.25. The van der Waals surface area contributed by atoms with Gasteiger partial charge < -0.3 is 10.3 Å². The summed E-state index contributed by atoms with van der Waals surface area (Å²) in [5.41, 5.74) is 2.77. The maximum atomic E-state index is 12.9. The predicted molar refractivity (Wildman–Crippen MR) is 112 cm³/mol. The zero-order chi connectivity index (χ0) is 19.5. The summed E-state index contributed by atoms with van der Waals surface area (Å²) in [5, 5.41) is 4.31. The van der Waals surface area contributed by atoms with E-state index >= 15 is 0 Å². The van der Waals surface area contributed by atoms with Crippen LogP contribution in [0.1, 0.15) is 40.4 Å². The summed E-state index contributed by atoms with van der Waals surface area (Å²) in [5.74, 6) is -0.163. The molecule has 1 aliphatic rings. The Morgan fingerprint density at radius 3 is 2.46 bits per heavy atom. The van der Waals surface area contributed by atoms with Crippen LogP contribution in [0, 0.1) is 6.92 Å². The fourth-order valence-electron chi connectivity index (χ4n) is 3.98. The molecule has 2 heterocycles. The zero-order valence-electron chi connectivity index (χ0n) is 16.1. The smallest absolute Gasteiger partial charge is 0.255 e. The number of amides is 1. The molecule has 28 heavy (non-hydrogen) atoms. The SMILES string of the molecule is Cc1ccc([C@H](CNC(=O)c2c[nH]c(=O)c3ccccc23)N2CCCC2)cc1. The number of nitrogens with one attached hydrogen (secondary N) is 2. The maximum absolute atomic E-state index is 12.9. The van der Waals surface area contributed by atoms with Crippen LogP contribution in [-0.4, -0.2) is 35.4 Å². The second-order valence-electron chi connectivity index (χ2n) is 7.46. The van der Waals surface area contributed by atoms with Crippen molar-refractivity contribution in [2.24, 2.45) is 0 Å². The first kappa shape index (κ1) is 18.4. The van der Waals surface area contributed by atoms with E-state index in [1.54, 1.807) is 12.1 Å². The van der Waals surface area contributed by atoms with Gasteiger partial charge in [0.25, 0.3) is 11.5 Å². The average Bonchev–Trinajstić information content (AvgIpc) is 3.24. The lowest BCUT2D eigenvalue weighted by atomic mass is 10.0. The van der Waals surface area contributed by atoms with Crippen LogP contribution in [0.3, 0.4) is 0 Å². The van der Waals surface area contributed by atoms with Gasteiger partial charge in [-0.05, 0) is 44.5 Å². The van der Waals surface area contributed by atoms with Crippen molar-refractivity contribution in [2.45, 2.75) is 25.8 Å². The molecule has 2 N–H and O–H groups in total. The van der Waals surface area contributed by atoms with Crippen LogP contribution >= 0.6 is 0 Å². The number of carbonyl (C=O) groups is 1. The number of aryl methyl sites for hydroxylation is 1. The highest BCUT2D eigenvalue weighted by molar-refractivity contribution is 6.06. The van der Waals surface area contributed by atoms with Crippen LogP contribution in [0.25, 0.3) is 10.8 Å². The van der Waals surface area contributed by atoms with E-state index in [4.69, 9.17) is 0 Å². The Labute approximate surface area is 164 Å². The molecule has 4 rings (SSSR count). The summed E-state index contributed by atoms with van der Waals surface area (Å²) in [4.78, 5) is 30.1. The maximum Gasteiger partial charge on any atom is 0.255 e. The van der Waals surface area contributed by atoms with E-state index in [0.717, 1.165) is 13.1 Å². The lowest BCUT2D eigenvalue weighted by Crippen LogP contribution is -2.37. The molecule has 1 saturated heterocycles. The molecule has 1 amide bonds. The molecular weight excluding hydrogens is 350 g/mol. The molecule has 5 nitrogen and oxygen atoms in total. The van der Waals surface area contributed by atoms with E-state index in [0.29, 0.717) is 22.9 Å². The highest BCUT2D eigenvalue weighted by atomic mass is 16.1. The van der Waals surface area contributed by atoms with E-state index in [1.165, 1.54) is 30.2 Å². The molecule has 1 atom stereocenters. The number of aromatic amines is 1. The number of hydrogen-bond donors (Lipinski definition) is 2. The van der Waals surface area contributed by atoms with Crippen LogP contribution in [0.5, 0.6) is 0 Å². The first-order chi connectivity index (χ1) is 13.6. The van der Waals surface area contributed by atoms with Gasteiger partial charge in [0.2, 0.25) is 0 Å². The van der Waals surface area contributed by atoms with Crippen LogP contribution in [0.4, 0.5) is 0 Å². The molecule has 1 aliphatic heterocycles. The summed E-state index contributed by atoms with van der Waals surface area (Å²) in [6.45, 7) is 4.72. The minimum absolute atomic E-state index is 0.154. The van der Waals surface area contributed by atoms with Gasteiger partial charge in [0.05, 0.1) is 11.6 Å². The van der Waals surface area contributed by atoms with E-state index in [-0.39, 0.29) is 17.5 Å². The van der Waals surface area contributed by atoms with Crippen molar-refractivity contribution in [3.05, 3.63) is 81.8 Å². The third-order valence-electron chi connectivity index (χ3n) is 5.55. The van der Waals surface area contributed by atoms with Gasteiger partial charge in [0.15, 0.2) is 0 Å². The number of pyridine rings is 1. The van der Waals surface area contributed by atoms with Gasteiger partial charge in [-0.15, -0.1) is 0 Å². The second-order valence-corrected chi connectivity index (χ2v) is 7.46. The summed E-state index contributed by atoms with van der Waals surface area (Å²) in [6, 6.07) is 15.9. The first-order valence-electron chi connectivity index (χ1n) is 9.83. The van der Waals surface area contributed by atoms with Gasteiger partial charge in [0.1, 0.15) is 0 Å². The lowest BCUT2D eigenvalue weighted by Gasteiger charge is -2.28. The number of aromatic nitrogens is 1. The molecule has 0 spiro atoms. The lowest BCUT2D eigenvalue weighted by molar-refractivity contribution is 0.0939. The van der Waals surface area contributed by atoms with Crippen molar-refractivity contribution in [3.63, 3.8) is 0 Å². The number of benzene rings is 2. The summed E-state index contributed by atoms with van der Waals surface area (Å²) in [6.07, 6.45) is 3.90. The summed E-state index contributed by atoms with van der Waals surface area (Å²) >= 11 is 0. The minimum Gasteiger partial charge on any atom is -0.350 e. The molecule has 2 aromatic carbocycles. The van der Waals surface area contributed by atoms with Crippen molar-refractivity contribution < 1.29 is 4.79 Å². The van der Waals surface area contributed by atoms with Crippen molar-refractivity contribution in [1.29, 1.82) is 0 Å². The molecular formula is C23H25N3O2. The van der Waals surface area contributed by atoms with E-state index < -0.39 is 0 Å². The number of likely N-dealkylation sites (tertiary alicyclic amines) is 1. The number of H-pyrrole nitrogens is 1. The largest absolute Gasteiger partial charge is 0.350 e. The molecule has 0 saturated carbocycles. The molecule has 3 aromatic rings. The standard InChI is InChI=1S/C23H25N3O2/c1-16-8-10-17(11-9-16)21(26-12-4-5-13-26)15-25-23(28)20-14-24-22(27)19-7-3-2-6-18(19)20/h2-3,6-11,14,21H,4-5,12-13,15H2,1H3,(H,24,27)(H,25,28)/t21-/m0/s1. The normalized spacial score (nSPS) is 15.6. The van der Waals surface area contributed by atoms with E-state index in [2.05, 4.69) is 46.4 Å². The highest BCUT2D eigenvalue weighted by Gasteiger charge is 2.24. The van der Waals surface area contributed by atoms with Gasteiger partial charge in [-0.1, -0.05) is 48.0 Å². The third-order valence-corrected chi connectivity index (χ3v) is 5.55. The number of nitrogens with zero attached hydrogens (tertiary/aromatic N) is 1. The first-order valence-corrected chi connectivity index (χ1v) is 9.83. The van der Waals surface area contributed by atoms with Crippen molar-refractivity contribution in [1.82, 2.24) is 15.2 Å². The third kappa shape index (κ3) is 3.71. The number of fused-ring (bicyclic) bond motifs is 1. The molecule has 0 radical (unpaired) electrons. The van der Waals surface area contributed by atoms with Crippen molar-refractivity contribution in [3.8, 4) is 0 Å². The van der Waals surface area contributed by atoms with Gasteiger partial charge >= 0.3 is 0 Å². The van der Waals surface area contributed by atoms with Crippen LogP contribution in [0.15, 0.2) is 59.5 Å². The second kappa shape index (κ2) is 7.98. The quantitative estimate of drug-likeness (QED) is 0.718. The van der Waals surface area contributed by atoms with Gasteiger partial charge in [-0.2, -0.15) is 0 Å². The molecule has 1 fully saturated rings. The molecule has 144 valence electrons. The van der Waals surface area contributed by atoms with Crippen LogP contribution in [-0.2, 0) is 0 Å². The molecule has 0 aliphatic carbocycles. The topological polar surface area (TPSA) is 65.2 Å². The number of rotatable bonds is 5. The summed E-state index contributed by atoms with van der Waals surface area (Å²) in [7, 11) is 0. The number of hydrogen-bond acceptors (Lipinski definition) is 3. The average molecular weight is 375 g/mol. The van der Waals surface area contributed by atoms with Gasteiger partial charge in [-0.25, -0.2) is 0 Å². The van der Waals surface area contributed by atoms with Crippen molar-refractivity contribution >= 4 is 16.7 Å². The van der Waals surface area contributed by atoms with E-state index in [9.17, 15) is 9.59 Å². The van der Waals surface area contributed by atoms with Gasteiger partial charge in [0, 0.05) is 23.5 Å². The van der Waals surface area contributed by atoms with E-state index in [1.807, 2.05) is 12.1 Å². The Morgan fingerprint density at radius 1 is 1.07 bits per heavy atom. The predicted octanol–water partition coefficient (Wildman–Crippen LogP) is 3.40. The van der Waals surface area contributed by atoms with Crippen LogP contribution < -0.4 is 10.9 Å². The van der Waals surface area contributed by atoms with Crippen molar-refractivity contribution in [2.75, 3.05) is 19.6 Å². The van der Waals surface area contributed by atoms with Crippen LogP contribution in [0.2, 0.25) is 0 Å². The Kier molecular flexibility index (Phi) is 5.26. The Balaban J connectivity index is 1.57. The Hall–Kier alpha value is -2.92. The molecule has 0 unspecified atom stereocenters. The Bertz CT molecular complexity index is 1030. The molecule has 1 aromatic heterocycles. The zero-order valence-corrected chi connectivity index (χ0v) is 16.1. The summed E-state index contributed by atoms with van der Waals surface area (Å²) < 4.78 is 0. The van der Waals surface area contributed by atoms with Gasteiger partial charge in [-0.3, -0.25) is 14.5 Å².